The molecule has 0 radical (unpaired) electrons. The summed E-state index contributed by atoms with van der Waals surface area (Å²) in [7, 11) is 3.04. The second-order valence-corrected chi connectivity index (χ2v) is 6.56. The van der Waals surface area contributed by atoms with Crippen molar-refractivity contribution < 1.29 is 14.3 Å². The molecule has 2 unspecified atom stereocenters. The Morgan fingerprint density at radius 1 is 1.28 bits per heavy atom. The summed E-state index contributed by atoms with van der Waals surface area (Å²) in [6, 6.07) is 5.25. The summed E-state index contributed by atoms with van der Waals surface area (Å²) < 4.78 is 12.1. The predicted octanol–water partition coefficient (Wildman–Crippen LogP) is 1.62. The molecule has 1 saturated heterocycles. The SMILES string of the molecule is COC(=O)C1CC(OC)CN1c1ccc2nnc(-c3ccsc3)n2n1. The Morgan fingerprint density at radius 3 is 2.88 bits per heavy atom. The second kappa shape index (κ2) is 6.41. The molecule has 25 heavy (non-hydrogen) atoms. The highest BCUT2D eigenvalue weighted by atomic mass is 32.1. The van der Waals surface area contributed by atoms with Gasteiger partial charge in [0.2, 0.25) is 0 Å². The number of anilines is 1. The van der Waals surface area contributed by atoms with Crippen molar-refractivity contribution in [2.24, 2.45) is 0 Å². The predicted molar refractivity (Wildman–Crippen MR) is 92.7 cm³/mol. The average molecular weight is 359 g/mol. The highest BCUT2D eigenvalue weighted by Gasteiger charge is 2.38. The van der Waals surface area contributed by atoms with Crippen LogP contribution in [0.1, 0.15) is 6.42 Å². The van der Waals surface area contributed by atoms with E-state index < -0.39 is 6.04 Å². The lowest BCUT2D eigenvalue weighted by Crippen LogP contribution is -2.37. The van der Waals surface area contributed by atoms with Crippen LogP contribution in [0.2, 0.25) is 0 Å². The first kappa shape index (κ1) is 16.0. The van der Waals surface area contributed by atoms with Crippen LogP contribution in [-0.4, -0.2) is 58.7 Å². The fraction of sp³-hybridized carbons (Fsp3) is 0.375. The van der Waals surface area contributed by atoms with Crippen molar-refractivity contribution in [3.63, 3.8) is 0 Å². The Morgan fingerprint density at radius 2 is 2.16 bits per heavy atom. The molecule has 4 rings (SSSR count). The van der Waals surface area contributed by atoms with Gasteiger partial charge in [0.05, 0.1) is 13.2 Å². The molecule has 9 heteroatoms. The second-order valence-electron chi connectivity index (χ2n) is 5.78. The number of nitrogens with zero attached hydrogens (tertiary/aromatic N) is 5. The zero-order chi connectivity index (χ0) is 17.4. The molecule has 0 N–H and O–H groups in total. The smallest absolute Gasteiger partial charge is 0.328 e. The molecule has 0 aromatic carbocycles. The van der Waals surface area contributed by atoms with E-state index >= 15 is 0 Å². The summed E-state index contributed by atoms with van der Waals surface area (Å²) in [4.78, 5) is 14.1. The van der Waals surface area contributed by atoms with Crippen molar-refractivity contribution in [1.29, 1.82) is 0 Å². The minimum Gasteiger partial charge on any atom is -0.467 e. The van der Waals surface area contributed by atoms with Gasteiger partial charge in [0.25, 0.3) is 0 Å². The van der Waals surface area contributed by atoms with E-state index in [0.717, 1.165) is 5.56 Å². The number of esters is 1. The van der Waals surface area contributed by atoms with Crippen LogP contribution in [0, 0.1) is 0 Å². The number of hydrogen-bond donors (Lipinski definition) is 0. The normalized spacial score (nSPS) is 20.3. The number of hydrogen-bond acceptors (Lipinski definition) is 8. The van der Waals surface area contributed by atoms with Crippen LogP contribution in [0.4, 0.5) is 5.82 Å². The quantitative estimate of drug-likeness (QED) is 0.655. The fourth-order valence-electron chi connectivity index (χ4n) is 3.08. The van der Waals surface area contributed by atoms with Gasteiger partial charge in [-0.25, -0.2) is 4.79 Å². The summed E-state index contributed by atoms with van der Waals surface area (Å²) in [5.74, 6) is 1.05. The summed E-state index contributed by atoms with van der Waals surface area (Å²) >= 11 is 1.59. The zero-order valence-electron chi connectivity index (χ0n) is 13.8. The van der Waals surface area contributed by atoms with Crippen molar-refractivity contribution in [2.45, 2.75) is 18.6 Å². The van der Waals surface area contributed by atoms with Gasteiger partial charge in [-0.15, -0.1) is 15.3 Å². The van der Waals surface area contributed by atoms with Gasteiger partial charge in [0.1, 0.15) is 6.04 Å². The summed E-state index contributed by atoms with van der Waals surface area (Å²) in [6.45, 7) is 0.574. The van der Waals surface area contributed by atoms with Crippen LogP contribution >= 0.6 is 11.3 Å². The van der Waals surface area contributed by atoms with Crippen LogP contribution in [0.15, 0.2) is 29.0 Å². The Labute approximate surface area is 148 Å². The van der Waals surface area contributed by atoms with Crippen molar-refractivity contribution in [3.05, 3.63) is 29.0 Å². The minimum absolute atomic E-state index is 0.0427. The number of fused-ring (bicyclic) bond motifs is 1. The van der Waals surface area contributed by atoms with Crippen molar-refractivity contribution >= 4 is 28.8 Å². The van der Waals surface area contributed by atoms with E-state index in [9.17, 15) is 4.79 Å². The minimum atomic E-state index is -0.416. The van der Waals surface area contributed by atoms with E-state index in [4.69, 9.17) is 9.47 Å². The first-order valence-corrected chi connectivity index (χ1v) is 8.78. The molecule has 3 aromatic rings. The van der Waals surface area contributed by atoms with E-state index in [1.54, 1.807) is 23.0 Å². The highest BCUT2D eigenvalue weighted by Crippen LogP contribution is 2.27. The number of rotatable bonds is 4. The van der Waals surface area contributed by atoms with E-state index in [1.165, 1.54) is 7.11 Å². The number of ether oxygens (including phenoxy) is 2. The van der Waals surface area contributed by atoms with E-state index in [-0.39, 0.29) is 12.1 Å². The average Bonchev–Trinajstić information content (AvgIpc) is 3.37. The Kier molecular flexibility index (Phi) is 4.10. The standard InChI is InChI=1S/C16H17N5O3S/c1-23-11-7-12(16(22)24-2)20(8-11)14-4-3-13-17-18-15(21(13)19-14)10-5-6-25-9-10/h3-6,9,11-12H,7-8H2,1-2H3. The molecule has 4 heterocycles. The van der Waals surface area contributed by atoms with Crippen LogP contribution in [0.3, 0.4) is 0 Å². The zero-order valence-corrected chi connectivity index (χ0v) is 14.6. The van der Waals surface area contributed by atoms with Gasteiger partial charge in [-0.3, -0.25) is 0 Å². The van der Waals surface area contributed by atoms with Crippen molar-refractivity contribution in [2.75, 3.05) is 25.7 Å². The molecular formula is C16H17N5O3S. The van der Waals surface area contributed by atoms with Crippen LogP contribution in [0.25, 0.3) is 17.0 Å². The van der Waals surface area contributed by atoms with Crippen molar-refractivity contribution in [3.8, 4) is 11.4 Å². The largest absolute Gasteiger partial charge is 0.467 e. The molecule has 0 bridgehead atoms. The molecule has 1 fully saturated rings. The fourth-order valence-corrected chi connectivity index (χ4v) is 3.72. The summed E-state index contributed by atoms with van der Waals surface area (Å²) in [5.41, 5.74) is 1.62. The van der Waals surface area contributed by atoms with Crippen LogP contribution < -0.4 is 4.90 Å². The van der Waals surface area contributed by atoms with E-state index in [2.05, 4.69) is 15.3 Å². The molecule has 8 nitrogen and oxygen atoms in total. The first-order valence-electron chi connectivity index (χ1n) is 7.83. The molecule has 0 aliphatic carbocycles. The molecule has 3 aromatic heterocycles. The molecule has 1 aliphatic rings. The van der Waals surface area contributed by atoms with Gasteiger partial charge in [-0.05, 0) is 23.6 Å². The van der Waals surface area contributed by atoms with Gasteiger partial charge in [-0.2, -0.15) is 15.9 Å². The lowest BCUT2D eigenvalue weighted by molar-refractivity contribution is -0.142. The number of carbonyl (C=O) groups is 1. The van der Waals surface area contributed by atoms with E-state index in [1.807, 2.05) is 33.9 Å². The maximum atomic E-state index is 12.1. The third-order valence-corrected chi connectivity index (χ3v) is 5.07. The molecule has 0 amide bonds. The lowest BCUT2D eigenvalue weighted by atomic mass is 10.2. The lowest BCUT2D eigenvalue weighted by Gasteiger charge is -2.23. The number of methoxy groups -OCH3 is 2. The van der Waals surface area contributed by atoms with Gasteiger partial charge in [-0.1, -0.05) is 0 Å². The molecule has 0 spiro atoms. The third kappa shape index (κ3) is 2.75. The van der Waals surface area contributed by atoms with Gasteiger partial charge >= 0.3 is 5.97 Å². The van der Waals surface area contributed by atoms with Crippen LogP contribution in [-0.2, 0) is 14.3 Å². The number of carbonyl (C=O) groups excluding carboxylic acids is 1. The summed E-state index contributed by atoms with van der Waals surface area (Å²) in [6.07, 6.45) is 0.529. The monoisotopic (exact) mass is 359 g/mol. The molecule has 130 valence electrons. The maximum absolute atomic E-state index is 12.1. The van der Waals surface area contributed by atoms with Crippen molar-refractivity contribution in [1.82, 2.24) is 19.8 Å². The Hall–Kier alpha value is -2.52. The van der Waals surface area contributed by atoms with Crippen LogP contribution in [0.5, 0.6) is 0 Å². The van der Waals surface area contributed by atoms with Gasteiger partial charge < -0.3 is 14.4 Å². The number of aromatic nitrogens is 4. The maximum Gasteiger partial charge on any atom is 0.328 e. The molecule has 1 aliphatic heterocycles. The van der Waals surface area contributed by atoms with Gasteiger partial charge in [0.15, 0.2) is 17.3 Å². The Bertz CT molecular complexity index is 894. The number of thiophene rings is 1. The highest BCUT2D eigenvalue weighted by molar-refractivity contribution is 7.08. The van der Waals surface area contributed by atoms with E-state index in [0.29, 0.717) is 30.3 Å². The third-order valence-electron chi connectivity index (χ3n) is 4.39. The van der Waals surface area contributed by atoms with Gasteiger partial charge in [0, 0.05) is 31.0 Å². The molecule has 0 saturated carbocycles. The molecular weight excluding hydrogens is 342 g/mol. The summed E-state index contributed by atoms with van der Waals surface area (Å²) in [5, 5.41) is 17.0. The molecule has 2 atom stereocenters. The topological polar surface area (TPSA) is 81.9 Å². The Balaban J connectivity index is 1.75. The first-order chi connectivity index (χ1) is 12.2.